The van der Waals surface area contributed by atoms with E-state index in [1.807, 2.05) is 0 Å². The molecule has 0 N–H and O–H groups in total. The third-order valence-corrected chi connectivity index (χ3v) is 9.64. The van der Waals surface area contributed by atoms with Crippen molar-refractivity contribution in [2.24, 2.45) is 0 Å². The number of hydrogen-bond acceptors (Lipinski definition) is 0. The van der Waals surface area contributed by atoms with E-state index in [1.54, 1.807) is 0 Å². The Morgan fingerprint density at radius 1 is 0.273 bits per heavy atom. The zero-order chi connectivity index (χ0) is 29.0. The van der Waals surface area contributed by atoms with Crippen LogP contribution >= 0.6 is 0 Å². The van der Waals surface area contributed by atoms with Gasteiger partial charge in [0.15, 0.2) is 0 Å². The summed E-state index contributed by atoms with van der Waals surface area (Å²) in [5.41, 5.74) is 16.4. The molecule has 0 fully saturated rings. The molecule has 0 amide bonds. The molecule has 2 aliphatic rings. The fourth-order valence-electron chi connectivity index (χ4n) is 7.69. The smallest absolute Gasteiger partial charge is 0.000111 e. The van der Waals surface area contributed by atoms with Crippen LogP contribution in [0.15, 0.2) is 158 Å². The zero-order valence-electron chi connectivity index (χ0n) is 24.4. The minimum atomic E-state index is 0.940. The molecule has 0 heteroatoms. The van der Waals surface area contributed by atoms with Gasteiger partial charge in [-0.1, -0.05) is 158 Å². The van der Waals surface area contributed by atoms with Crippen LogP contribution in [-0.4, -0.2) is 0 Å². The highest BCUT2D eigenvalue weighted by Crippen LogP contribution is 2.48. The molecule has 0 bridgehead atoms. The van der Waals surface area contributed by atoms with Gasteiger partial charge in [-0.15, -0.1) is 0 Å². The lowest BCUT2D eigenvalue weighted by atomic mass is 9.90. The molecule has 9 rings (SSSR count). The van der Waals surface area contributed by atoms with Gasteiger partial charge in [0, 0.05) is 0 Å². The minimum Gasteiger partial charge on any atom is -0.0622 e. The molecule has 44 heavy (non-hydrogen) atoms. The number of rotatable bonds is 4. The van der Waals surface area contributed by atoms with Crippen LogP contribution in [0, 0.1) is 0 Å². The molecule has 0 unspecified atom stereocenters. The van der Waals surface area contributed by atoms with Crippen LogP contribution in [-0.2, 0) is 12.8 Å². The number of fused-ring (bicyclic) bond motifs is 7. The molecular weight excluding hydrogens is 528 g/mol. The average molecular weight is 559 g/mol. The SMILES string of the molecule is c1ccc(C2=C(c3ccccc3)c3ccc4c(ccc5c6c(ccc54)C(c4ccccc4)=C(c4ccccc4)C6)c3C2)cc1. The molecule has 2 aliphatic carbocycles. The van der Waals surface area contributed by atoms with Gasteiger partial charge < -0.3 is 0 Å². The first-order chi connectivity index (χ1) is 21.8. The Kier molecular flexibility index (Phi) is 5.74. The average Bonchev–Trinajstić information content (AvgIpc) is 3.69. The van der Waals surface area contributed by atoms with Gasteiger partial charge in [0.05, 0.1) is 0 Å². The van der Waals surface area contributed by atoms with Crippen LogP contribution in [0.3, 0.4) is 0 Å². The summed E-state index contributed by atoms with van der Waals surface area (Å²) in [6, 6.07) is 58.0. The number of hydrogen-bond donors (Lipinski definition) is 0. The lowest BCUT2D eigenvalue weighted by Crippen LogP contribution is -1.93. The van der Waals surface area contributed by atoms with Gasteiger partial charge in [-0.2, -0.15) is 0 Å². The molecule has 7 aromatic carbocycles. The maximum atomic E-state index is 2.40. The number of benzene rings is 7. The van der Waals surface area contributed by atoms with E-state index < -0.39 is 0 Å². The molecule has 0 saturated carbocycles. The van der Waals surface area contributed by atoms with Crippen molar-refractivity contribution in [3.05, 3.63) is 202 Å². The Morgan fingerprint density at radius 3 is 0.955 bits per heavy atom. The first kappa shape index (κ1) is 25.1. The van der Waals surface area contributed by atoms with E-state index >= 15 is 0 Å². The van der Waals surface area contributed by atoms with E-state index in [0.717, 1.165) is 12.8 Å². The van der Waals surface area contributed by atoms with Gasteiger partial charge in [0.2, 0.25) is 0 Å². The minimum absolute atomic E-state index is 0.940. The van der Waals surface area contributed by atoms with Crippen molar-refractivity contribution >= 4 is 43.8 Å². The molecule has 206 valence electrons. The van der Waals surface area contributed by atoms with E-state index in [-0.39, 0.29) is 0 Å². The Labute approximate surface area is 258 Å². The summed E-state index contributed by atoms with van der Waals surface area (Å²) in [4.78, 5) is 0. The van der Waals surface area contributed by atoms with Gasteiger partial charge in [-0.05, 0) is 101 Å². The standard InChI is InChI=1S/C44H30/c1-5-13-29(14-6-1)39-27-41-35-21-22-36-34(33(35)23-25-37(41)43(39)31-17-9-3-10-18-31)24-26-38-42(36)28-40(30-15-7-2-8-16-30)44(38)32-19-11-4-12-20-32/h1-26H,27-28H2. The topological polar surface area (TPSA) is 0 Å². The molecule has 0 spiro atoms. The summed E-state index contributed by atoms with van der Waals surface area (Å²) in [7, 11) is 0. The van der Waals surface area contributed by atoms with E-state index in [2.05, 4.69) is 158 Å². The van der Waals surface area contributed by atoms with Crippen LogP contribution in [0.5, 0.6) is 0 Å². The predicted octanol–water partition coefficient (Wildman–Crippen LogP) is 11.0. The van der Waals surface area contributed by atoms with Gasteiger partial charge in [-0.25, -0.2) is 0 Å². The van der Waals surface area contributed by atoms with Crippen molar-refractivity contribution in [2.45, 2.75) is 12.8 Å². The highest BCUT2D eigenvalue weighted by molar-refractivity contribution is 6.17. The van der Waals surface area contributed by atoms with Crippen LogP contribution in [0.1, 0.15) is 44.5 Å². The highest BCUT2D eigenvalue weighted by atomic mass is 14.3. The Morgan fingerprint density at radius 2 is 0.591 bits per heavy atom. The highest BCUT2D eigenvalue weighted by Gasteiger charge is 2.28. The van der Waals surface area contributed by atoms with Crippen molar-refractivity contribution in [2.75, 3.05) is 0 Å². The van der Waals surface area contributed by atoms with Crippen molar-refractivity contribution in [1.82, 2.24) is 0 Å². The summed E-state index contributed by atoms with van der Waals surface area (Å²) < 4.78 is 0. The second kappa shape index (κ2) is 10.1. The fraction of sp³-hybridized carbons (Fsp3) is 0.0455. The molecule has 0 aliphatic heterocycles. The van der Waals surface area contributed by atoms with Gasteiger partial charge in [0.25, 0.3) is 0 Å². The molecular formula is C44H30. The van der Waals surface area contributed by atoms with Gasteiger partial charge in [0.1, 0.15) is 0 Å². The molecule has 7 aromatic rings. The lowest BCUT2D eigenvalue weighted by molar-refractivity contribution is 1.34. The molecule has 0 aromatic heterocycles. The molecule has 0 radical (unpaired) electrons. The summed E-state index contributed by atoms with van der Waals surface area (Å²) >= 11 is 0. The van der Waals surface area contributed by atoms with E-state index in [1.165, 1.54) is 88.3 Å². The van der Waals surface area contributed by atoms with E-state index in [4.69, 9.17) is 0 Å². The molecule has 0 atom stereocenters. The normalized spacial score (nSPS) is 14.0. The van der Waals surface area contributed by atoms with Crippen molar-refractivity contribution in [1.29, 1.82) is 0 Å². The second-order valence-corrected chi connectivity index (χ2v) is 12.0. The second-order valence-electron chi connectivity index (χ2n) is 12.0. The van der Waals surface area contributed by atoms with E-state index in [0.29, 0.717) is 0 Å². The first-order valence-electron chi connectivity index (χ1n) is 15.5. The quantitative estimate of drug-likeness (QED) is 0.189. The molecule has 0 heterocycles. The van der Waals surface area contributed by atoms with Crippen LogP contribution < -0.4 is 0 Å². The van der Waals surface area contributed by atoms with Crippen molar-refractivity contribution in [3.63, 3.8) is 0 Å². The van der Waals surface area contributed by atoms with Gasteiger partial charge in [-0.3, -0.25) is 0 Å². The van der Waals surface area contributed by atoms with Crippen LogP contribution in [0.2, 0.25) is 0 Å². The number of allylic oxidation sites excluding steroid dienone is 2. The maximum Gasteiger partial charge on any atom is -0.000111 e. The predicted molar refractivity (Wildman–Crippen MR) is 186 cm³/mol. The zero-order valence-corrected chi connectivity index (χ0v) is 24.4. The Hall–Kier alpha value is -5.46. The van der Waals surface area contributed by atoms with Crippen LogP contribution in [0.25, 0.3) is 43.8 Å². The first-order valence-corrected chi connectivity index (χ1v) is 15.5. The summed E-state index contributed by atoms with van der Waals surface area (Å²) in [6.07, 6.45) is 1.88. The van der Waals surface area contributed by atoms with Crippen LogP contribution in [0.4, 0.5) is 0 Å². The summed E-state index contributed by atoms with van der Waals surface area (Å²) in [5, 5.41) is 5.43. The third kappa shape index (κ3) is 3.85. The Balaban J connectivity index is 1.23. The van der Waals surface area contributed by atoms with E-state index in [9.17, 15) is 0 Å². The maximum absolute atomic E-state index is 2.40. The van der Waals surface area contributed by atoms with Crippen molar-refractivity contribution in [3.8, 4) is 0 Å². The summed E-state index contributed by atoms with van der Waals surface area (Å²) in [6.45, 7) is 0. The lowest BCUT2D eigenvalue weighted by Gasteiger charge is -2.14. The fourth-order valence-corrected chi connectivity index (χ4v) is 7.69. The van der Waals surface area contributed by atoms with Gasteiger partial charge >= 0.3 is 0 Å². The Bertz CT molecular complexity index is 2100. The molecule has 0 nitrogen and oxygen atoms in total. The van der Waals surface area contributed by atoms with Crippen molar-refractivity contribution < 1.29 is 0 Å². The summed E-state index contributed by atoms with van der Waals surface area (Å²) in [5.74, 6) is 0. The third-order valence-electron chi connectivity index (χ3n) is 9.64. The monoisotopic (exact) mass is 558 g/mol. The molecule has 0 saturated heterocycles. The largest absolute Gasteiger partial charge is 0.0622 e.